The van der Waals surface area contributed by atoms with Crippen LogP contribution in [0.5, 0.6) is 0 Å². The second kappa shape index (κ2) is 6.33. The third-order valence-electron chi connectivity index (χ3n) is 3.39. The standard InChI is InChI=1S/C16H19BrO/c1-12-9-14(11-15(17)10-12)16(18)13-7-5-3-2-4-6-8-13/h7,9-11H,2-6,8H2,1H3/b13-7+. The number of aryl methyl sites for hydroxylation is 1. The Morgan fingerprint density at radius 1 is 1.11 bits per heavy atom. The minimum atomic E-state index is 0.210. The van der Waals surface area contributed by atoms with Crippen LogP contribution in [0, 0.1) is 6.92 Å². The summed E-state index contributed by atoms with van der Waals surface area (Å²) in [6.45, 7) is 2.02. The molecular formula is C16H19BrO. The minimum absolute atomic E-state index is 0.210. The molecule has 0 fully saturated rings. The molecule has 0 spiro atoms. The Morgan fingerprint density at radius 2 is 1.89 bits per heavy atom. The number of hydrogen-bond acceptors (Lipinski definition) is 1. The van der Waals surface area contributed by atoms with E-state index in [0.29, 0.717) is 0 Å². The number of halogens is 1. The zero-order valence-corrected chi connectivity index (χ0v) is 12.4. The van der Waals surface area contributed by atoms with Gasteiger partial charge < -0.3 is 0 Å². The van der Waals surface area contributed by atoms with Crippen molar-refractivity contribution in [3.8, 4) is 0 Å². The van der Waals surface area contributed by atoms with Gasteiger partial charge in [0, 0.05) is 10.0 Å². The zero-order chi connectivity index (χ0) is 13.0. The van der Waals surface area contributed by atoms with Gasteiger partial charge in [-0.25, -0.2) is 0 Å². The molecule has 1 aromatic rings. The van der Waals surface area contributed by atoms with Crippen LogP contribution in [0.3, 0.4) is 0 Å². The maximum Gasteiger partial charge on any atom is 0.188 e. The van der Waals surface area contributed by atoms with E-state index >= 15 is 0 Å². The van der Waals surface area contributed by atoms with Crippen molar-refractivity contribution in [2.75, 3.05) is 0 Å². The molecule has 0 heterocycles. The molecule has 96 valence electrons. The number of Topliss-reactive ketones (excluding diaryl/α,β-unsaturated/α-hetero) is 1. The molecule has 1 aliphatic rings. The molecule has 0 atom stereocenters. The molecule has 0 aromatic heterocycles. The van der Waals surface area contributed by atoms with E-state index in [0.717, 1.165) is 40.4 Å². The fourth-order valence-electron chi connectivity index (χ4n) is 2.45. The summed E-state index contributed by atoms with van der Waals surface area (Å²) in [5.74, 6) is 0.210. The van der Waals surface area contributed by atoms with Gasteiger partial charge in [-0.2, -0.15) is 0 Å². The summed E-state index contributed by atoms with van der Waals surface area (Å²) in [5, 5.41) is 0. The third-order valence-corrected chi connectivity index (χ3v) is 3.84. The lowest BCUT2D eigenvalue weighted by atomic mass is 9.93. The zero-order valence-electron chi connectivity index (χ0n) is 10.8. The number of hydrogen-bond donors (Lipinski definition) is 0. The third kappa shape index (κ3) is 3.55. The summed E-state index contributed by atoms with van der Waals surface area (Å²) in [4.78, 5) is 12.5. The van der Waals surface area contributed by atoms with Crippen molar-refractivity contribution >= 4 is 21.7 Å². The van der Waals surface area contributed by atoms with Crippen molar-refractivity contribution in [1.29, 1.82) is 0 Å². The molecule has 0 radical (unpaired) electrons. The summed E-state index contributed by atoms with van der Waals surface area (Å²) < 4.78 is 0.984. The molecule has 0 saturated carbocycles. The van der Waals surface area contributed by atoms with Gasteiger partial charge in [0.05, 0.1) is 0 Å². The van der Waals surface area contributed by atoms with Crippen molar-refractivity contribution < 1.29 is 4.79 Å². The first kappa shape index (κ1) is 13.5. The molecule has 1 aromatic carbocycles. The first-order valence-corrected chi connectivity index (χ1v) is 7.47. The maximum absolute atomic E-state index is 12.5. The van der Waals surface area contributed by atoms with E-state index in [9.17, 15) is 4.79 Å². The molecule has 1 aliphatic carbocycles. The predicted octanol–water partition coefficient (Wildman–Crippen LogP) is 5.22. The van der Waals surface area contributed by atoms with Gasteiger partial charge in [-0.1, -0.05) is 34.8 Å². The lowest BCUT2D eigenvalue weighted by Crippen LogP contribution is -2.05. The van der Waals surface area contributed by atoms with Gasteiger partial charge in [-0.15, -0.1) is 0 Å². The van der Waals surface area contributed by atoms with Crippen molar-refractivity contribution in [2.45, 2.75) is 45.4 Å². The summed E-state index contributed by atoms with van der Waals surface area (Å²) in [6, 6.07) is 5.94. The van der Waals surface area contributed by atoms with Crippen LogP contribution >= 0.6 is 15.9 Å². The molecule has 2 heteroatoms. The number of carbonyl (C=O) groups is 1. The molecule has 2 rings (SSSR count). The van der Waals surface area contributed by atoms with Crippen LogP contribution in [0.1, 0.15) is 54.4 Å². The highest BCUT2D eigenvalue weighted by Gasteiger charge is 2.14. The topological polar surface area (TPSA) is 17.1 Å². The van der Waals surface area contributed by atoms with E-state index in [1.54, 1.807) is 0 Å². The lowest BCUT2D eigenvalue weighted by molar-refractivity contribution is 0.102. The van der Waals surface area contributed by atoms with Gasteiger partial charge >= 0.3 is 0 Å². The highest BCUT2D eigenvalue weighted by molar-refractivity contribution is 9.10. The van der Waals surface area contributed by atoms with E-state index in [2.05, 4.69) is 22.0 Å². The Bertz CT molecular complexity index is 454. The molecular weight excluding hydrogens is 288 g/mol. The second-order valence-electron chi connectivity index (χ2n) is 5.03. The Labute approximate surface area is 117 Å². The van der Waals surface area contributed by atoms with Crippen molar-refractivity contribution in [3.05, 3.63) is 45.4 Å². The van der Waals surface area contributed by atoms with E-state index in [-0.39, 0.29) is 5.78 Å². The van der Waals surface area contributed by atoms with Gasteiger partial charge in [-0.05, 0) is 61.9 Å². The number of carbonyl (C=O) groups excluding carboxylic acids is 1. The maximum atomic E-state index is 12.5. The number of allylic oxidation sites excluding steroid dienone is 2. The predicted molar refractivity (Wildman–Crippen MR) is 79.0 cm³/mol. The average molecular weight is 307 g/mol. The van der Waals surface area contributed by atoms with Crippen molar-refractivity contribution in [1.82, 2.24) is 0 Å². The van der Waals surface area contributed by atoms with E-state index in [1.807, 2.05) is 25.1 Å². The molecule has 0 N–H and O–H groups in total. The van der Waals surface area contributed by atoms with Crippen LogP contribution < -0.4 is 0 Å². The van der Waals surface area contributed by atoms with Gasteiger partial charge in [0.15, 0.2) is 5.78 Å². The van der Waals surface area contributed by atoms with Crippen molar-refractivity contribution in [2.24, 2.45) is 0 Å². The molecule has 0 aliphatic heterocycles. The summed E-state index contributed by atoms with van der Waals surface area (Å²) in [6.07, 6.45) is 9.05. The second-order valence-corrected chi connectivity index (χ2v) is 5.94. The van der Waals surface area contributed by atoms with Crippen LogP contribution in [-0.2, 0) is 0 Å². The smallest absolute Gasteiger partial charge is 0.188 e. The minimum Gasteiger partial charge on any atom is -0.289 e. The Kier molecular flexibility index (Phi) is 4.76. The molecule has 0 unspecified atom stereocenters. The van der Waals surface area contributed by atoms with Crippen LogP contribution in [-0.4, -0.2) is 5.78 Å². The Balaban J connectivity index is 2.23. The molecule has 1 nitrogen and oxygen atoms in total. The summed E-state index contributed by atoms with van der Waals surface area (Å²) >= 11 is 3.46. The number of benzene rings is 1. The van der Waals surface area contributed by atoms with Crippen molar-refractivity contribution in [3.63, 3.8) is 0 Å². The number of rotatable bonds is 2. The normalized spacial score (nSPS) is 19.6. The lowest BCUT2D eigenvalue weighted by Gasteiger charge is -2.11. The Hall–Kier alpha value is -0.890. The average Bonchev–Trinajstić information content (AvgIpc) is 2.26. The summed E-state index contributed by atoms with van der Waals surface area (Å²) in [5.41, 5.74) is 2.94. The number of ketones is 1. The van der Waals surface area contributed by atoms with E-state index in [4.69, 9.17) is 0 Å². The van der Waals surface area contributed by atoms with E-state index < -0.39 is 0 Å². The summed E-state index contributed by atoms with van der Waals surface area (Å²) in [7, 11) is 0. The highest BCUT2D eigenvalue weighted by atomic mass is 79.9. The quantitative estimate of drug-likeness (QED) is 0.685. The van der Waals surface area contributed by atoms with Gasteiger partial charge in [0.25, 0.3) is 0 Å². The SMILES string of the molecule is Cc1cc(Br)cc(C(=O)/C2=C/CCCCCC2)c1. The molecule has 0 amide bonds. The van der Waals surface area contributed by atoms with Crippen LogP contribution in [0.4, 0.5) is 0 Å². The molecule has 0 saturated heterocycles. The monoisotopic (exact) mass is 306 g/mol. The molecule has 18 heavy (non-hydrogen) atoms. The van der Waals surface area contributed by atoms with E-state index in [1.165, 1.54) is 19.3 Å². The first-order chi connectivity index (χ1) is 8.66. The Morgan fingerprint density at radius 3 is 2.67 bits per heavy atom. The van der Waals surface area contributed by atoms with Crippen LogP contribution in [0.25, 0.3) is 0 Å². The fourth-order valence-corrected chi connectivity index (χ4v) is 3.06. The van der Waals surface area contributed by atoms with Crippen LogP contribution in [0.2, 0.25) is 0 Å². The highest BCUT2D eigenvalue weighted by Crippen LogP contribution is 2.23. The largest absolute Gasteiger partial charge is 0.289 e. The van der Waals surface area contributed by atoms with Gasteiger partial charge in [0.2, 0.25) is 0 Å². The molecule has 0 bridgehead atoms. The fraction of sp³-hybridized carbons (Fsp3) is 0.438. The van der Waals surface area contributed by atoms with Gasteiger partial charge in [-0.3, -0.25) is 4.79 Å². The van der Waals surface area contributed by atoms with Gasteiger partial charge in [0.1, 0.15) is 0 Å². The van der Waals surface area contributed by atoms with Crippen LogP contribution in [0.15, 0.2) is 34.3 Å². The first-order valence-electron chi connectivity index (χ1n) is 6.68.